The average Bonchev–Trinajstić information content (AvgIpc) is 2.65. The van der Waals surface area contributed by atoms with E-state index in [4.69, 9.17) is 5.73 Å². The van der Waals surface area contributed by atoms with Crippen molar-refractivity contribution < 1.29 is 9.18 Å². The fourth-order valence-corrected chi connectivity index (χ4v) is 3.50. The van der Waals surface area contributed by atoms with Crippen molar-refractivity contribution >= 4 is 22.6 Å². The third kappa shape index (κ3) is 3.94. The number of carbonyl (C=O) groups is 1. The first kappa shape index (κ1) is 18.3. The molecule has 2 N–H and O–H groups in total. The Bertz CT molecular complexity index is 1040. The summed E-state index contributed by atoms with van der Waals surface area (Å²) in [6.07, 6.45) is 0. The van der Waals surface area contributed by atoms with E-state index in [9.17, 15) is 9.18 Å². The molecule has 0 atom stereocenters. The number of piperazine rings is 1. The average molecular weight is 379 g/mol. The molecule has 1 aromatic heterocycles. The van der Waals surface area contributed by atoms with Crippen LogP contribution < -0.4 is 5.73 Å². The summed E-state index contributed by atoms with van der Waals surface area (Å²) in [5.41, 5.74) is 8.81. The predicted octanol–water partition coefficient (Wildman–Crippen LogP) is 2.50. The number of hydrogen-bond donors (Lipinski definition) is 1. The maximum absolute atomic E-state index is 13.4. The monoisotopic (exact) mass is 379 g/mol. The maximum Gasteiger partial charge on any atom is 0.237 e. The lowest BCUT2D eigenvalue weighted by atomic mass is 10.1. The number of benzene rings is 2. The second kappa shape index (κ2) is 7.52. The molecule has 3 aromatic rings. The maximum atomic E-state index is 13.4. The SMILES string of the molecule is Cc1ccc2nc(CN3CCN(Cc4cccc(F)c4)C(=O)C3)nc(N)c2c1. The van der Waals surface area contributed by atoms with Gasteiger partial charge in [0.25, 0.3) is 0 Å². The Morgan fingerprint density at radius 3 is 2.75 bits per heavy atom. The first-order chi connectivity index (χ1) is 13.5. The van der Waals surface area contributed by atoms with Crippen molar-refractivity contribution in [2.45, 2.75) is 20.0 Å². The number of nitrogens with two attached hydrogens (primary N) is 1. The summed E-state index contributed by atoms with van der Waals surface area (Å²) in [7, 11) is 0. The van der Waals surface area contributed by atoms with Crippen molar-refractivity contribution in [2.75, 3.05) is 25.4 Å². The van der Waals surface area contributed by atoms with Crippen LogP contribution in [0.2, 0.25) is 0 Å². The Balaban J connectivity index is 1.43. The molecule has 28 heavy (non-hydrogen) atoms. The van der Waals surface area contributed by atoms with Gasteiger partial charge in [-0.3, -0.25) is 9.69 Å². The van der Waals surface area contributed by atoms with E-state index in [1.807, 2.05) is 36.1 Å². The van der Waals surface area contributed by atoms with Crippen LogP contribution in [0.4, 0.5) is 10.2 Å². The number of nitrogen functional groups attached to an aromatic ring is 1. The standard InChI is InChI=1S/C21H22FN5O/c1-14-5-6-18-17(9-14)21(23)25-19(24-18)12-26-7-8-27(20(28)13-26)11-15-3-2-4-16(22)10-15/h2-6,9-10H,7-8,11-13H2,1H3,(H2,23,24,25). The second-order valence-electron chi connectivity index (χ2n) is 7.20. The second-order valence-corrected chi connectivity index (χ2v) is 7.20. The molecule has 0 radical (unpaired) electrons. The van der Waals surface area contributed by atoms with Gasteiger partial charge in [-0.2, -0.15) is 0 Å². The molecule has 0 aliphatic carbocycles. The van der Waals surface area contributed by atoms with Gasteiger partial charge in [0.1, 0.15) is 17.5 Å². The van der Waals surface area contributed by atoms with E-state index in [2.05, 4.69) is 9.97 Å². The zero-order valence-electron chi connectivity index (χ0n) is 15.7. The summed E-state index contributed by atoms with van der Waals surface area (Å²) in [5.74, 6) is 0.796. The van der Waals surface area contributed by atoms with Crippen LogP contribution in [0.15, 0.2) is 42.5 Å². The van der Waals surface area contributed by atoms with Crippen molar-refractivity contribution in [2.24, 2.45) is 0 Å². The Morgan fingerprint density at radius 1 is 1.11 bits per heavy atom. The van der Waals surface area contributed by atoms with Crippen molar-refractivity contribution in [1.82, 2.24) is 19.8 Å². The predicted molar refractivity (Wildman–Crippen MR) is 106 cm³/mol. The van der Waals surface area contributed by atoms with Gasteiger partial charge in [-0.05, 0) is 36.8 Å². The number of rotatable bonds is 4. The Kier molecular flexibility index (Phi) is 4.92. The van der Waals surface area contributed by atoms with Crippen LogP contribution >= 0.6 is 0 Å². The van der Waals surface area contributed by atoms with E-state index in [0.29, 0.717) is 37.8 Å². The Hall–Kier alpha value is -3.06. The fraction of sp³-hybridized carbons (Fsp3) is 0.286. The molecule has 1 fully saturated rings. The number of amides is 1. The number of anilines is 1. The van der Waals surface area contributed by atoms with Crippen molar-refractivity contribution in [3.05, 3.63) is 65.2 Å². The van der Waals surface area contributed by atoms with E-state index >= 15 is 0 Å². The number of aryl methyl sites for hydroxylation is 1. The van der Waals surface area contributed by atoms with Crippen LogP contribution in [-0.2, 0) is 17.9 Å². The molecule has 2 aromatic carbocycles. The van der Waals surface area contributed by atoms with Crippen LogP contribution in [0.3, 0.4) is 0 Å². The summed E-state index contributed by atoms with van der Waals surface area (Å²) in [5, 5.41) is 0.847. The fourth-order valence-electron chi connectivity index (χ4n) is 3.50. The van der Waals surface area contributed by atoms with Gasteiger partial charge in [0.05, 0.1) is 18.6 Å². The summed E-state index contributed by atoms with van der Waals surface area (Å²) in [6.45, 7) is 4.46. The normalized spacial score (nSPS) is 15.4. The zero-order chi connectivity index (χ0) is 19.7. The van der Waals surface area contributed by atoms with E-state index in [1.54, 1.807) is 11.0 Å². The van der Waals surface area contributed by atoms with Crippen molar-refractivity contribution in [3.8, 4) is 0 Å². The quantitative estimate of drug-likeness (QED) is 0.754. The van der Waals surface area contributed by atoms with Crippen molar-refractivity contribution in [3.63, 3.8) is 0 Å². The molecule has 2 heterocycles. The van der Waals surface area contributed by atoms with Gasteiger partial charge in [0, 0.05) is 25.0 Å². The molecule has 0 saturated carbocycles. The molecule has 1 amide bonds. The molecular formula is C21H22FN5O. The zero-order valence-corrected chi connectivity index (χ0v) is 15.7. The largest absolute Gasteiger partial charge is 0.383 e. The molecule has 0 bridgehead atoms. The smallest absolute Gasteiger partial charge is 0.237 e. The molecule has 1 aliphatic heterocycles. The molecule has 4 rings (SSSR count). The summed E-state index contributed by atoms with van der Waals surface area (Å²) in [6, 6.07) is 12.3. The van der Waals surface area contributed by atoms with E-state index in [-0.39, 0.29) is 18.3 Å². The van der Waals surface area contributed by atoms with Gasteiger partial charge in [-0.15, -0.1) is 0 Å². The minimum atomic E-state index is -0.287. The third-order valence-electron chi connectivity index (χ3n) is 4.95. The lowest BCUT2D eigenvalue weighted by Crippen LogP contribution is -2.49. The van der Waals surface area contributed by atoms with Crippen LogP contribution in [0.5, 0.6) is 0 Å². The number of halogens is 1. The highest BCUT2D eigenvalue weighted by Crippen LogP contribution is 2.20. The van der Waals surface area contributed by atoms with E-state index in [0.717, 1.165) is 22.0 Å². The van der Waals surface area contributed by atoms with E-state index in [1.165, 1.54) is 12.1 Å². The molecule has 144 valence electrons. The van der Waals surface area contributed by atoms with Crippen LogP contribution in [0, 0.1) is 12.7 Å². The minimum absolute atomic E-state index is 0.0138. The first-order valence-corrected chi connectivity index (χ1v) is 9.25. The highest BCUT2D eigenvalue weighted by Gasteiger charge is 2.24. The van der Waals surface area contributed by atoms with Gasteiger partial charge in [0.2, 0.25) is 5.91 Å². The number of aromatic nitrogens is 2. The van der Waals surface area contributed by atoms with E-state index < -0.39 is 0 Å². The minimum Gasteiger partial charge on any atom is -0.383 e. The molecule has 0 unspecified atom stereocenters. The molecule has 1 saturated heterocycles. The van der Waals surface area contributed by atoms with Gasteiger partial charge >= 0.3 is 0 Å². The topological polar surface area (TPSA) is 75.4 Å². The molecular weight excluding hydrogens is 357 g/mol. The van der Waals surface area contributed by atoms with Gasteiger partial charge in [-0.1, -0.05) is 23.8 Å². The number of hydrogen-bond acceptors (Lipinski definition) is 5. The molecule has 7 heteroatoms. The Labute approximate surface area is 162 Å². The van der Waals surface area contributed by atoms with Crippen LogP contribution in [0.1, 0.15) is 17.0 Å². The van der Waals surface area contributed by atoms with Gasteiger partial charge in [0.15, 0.2) is 0 Å². The summed E-state index contributed by atoms with van der Waals surface area (Å²) < 4.78 is 13.4. The number of carbonyl (C=O) groups excluding carboxylic acids is 1. The Morgan fingerprint density at radius 2 is 1.96 bits per heavy atom. The highest BCUT2D eigenvalue weighted by atomic mass is 19.1. The lowest BCUT2D eigenvalue weighted by molar-refractivity contribution is -0.136. The number of nitrogens with zero attached hydrogens (tertiary/aromatic N) is 4. The summed E-state index contributed by atoms with van der Waals surface area (Å²) >= 11 is 0. The lowest BCUT2D eigenvalue weighted by Gasteiger charge is -2.34. The van der Waals surface area contributed by atoms with Crippen LogP contribution in [0.25, 0.3) is 10.9 Å². The van der Waals surface area contributed by atoms with Gasteiger partial charge in [-0.25, -0.2) is 14.4 Å². The van der Waals surface area contributed by atoms with Crippen LogP contribution in [-0.4, -0.2) is 45.3 Å². The van der Waals surface area contributed by atoms with Crippen molar-refractivity contribution in [1.29, 1.82) is 0 Å². The first-order valence-electron chi connectivity index (χ1n) is 9.25. The summed E-state index contributed by atoms with van der Waals surface area (Å²) in [4.78, 5) is 25.3. The van der Waals surface area contributed by atoms with Gasteiger partial charge < -0.3 is 10.6 Å². The molecule has 0 spiro atoms. The molecule has 6 nitrogen and oxygen atoms in total. The third-order valence-corrected chi connectivity index (χ3v) is 4.95. The molecule has 1 aliphatic rings. The number of fused-ring (bicyclic) bond motifs is 1. The highest BCUT2D eigenvalue weighted by molar-refractivity contribution is 5.88.